The van der Waals surface area contributed by atoms with Crippen molar-refractivity contribution >= 4 is 49.3 Å². The van der Waals surface area contributed by atoms with Gasteiger partial charge in [-0.3, -0.25) is 4.98 Å². The van der Waals surface area contributed by atoms with Gasteiger partial charge in [-0.25, -0.2) is 34.7 Å². The van der Waals surface area contributed by atoms with E-state index in [9.17, 15) is 0 Å². The molecule has 354 valence electrons. The number of fused-ring (bicyclic) bond motifs is 6. The second-order valence-electron chi connectivity index (χ2n) is 18.4. The summed E-state index contributed by atoms with van der Waals surface area (Å²) in [5.74, 6) is 3.42. The maximum absolute atomic E-state index is 8.57. The Hall–Kier alpha value is -10.8. The van der Waals surface area contributed by atoms with Gasteiger partial charge in [0.05, 0.1) is 52.4 Å². The molecular formula is C66H40N10. The minimum Gasteiger partial charge on any atom is -0.307 e. The van der Waals surface area contributed by atoms with E-state index in [0.717, 1.165) is 99.5 Å². The summed E-state index contributed by atoms with van der Waals surface area (Å²) in [5.41, 5.74) is 12.7. The lowest BCUT2D eigenvalue weighted by Crippen LogP contribution is -2.05. The molecule has 0 fully saturated rings. The lowest BCUT2D eigenvalue weighted by atomic mass is 10.0. The van der Waals surface area contributed by atoms with E-state index in [1.54, 1.807) is 0 Å². The molecule has 0 aliphatic rings. The average molecular weight is 973 g/mol. The van der Waals surface area contributed by atoms with E-state index in [1.165, 1.54) is 0 Å². The Morgan fingerprint density at radius 1 is 0.303 bits per heavy atom. The molecule has 0 amide bonds. The molecule has 14 aromatic rings. The third kappa shape index (κ3) is 7.54. The van der Waals surface area contributed by atoms with Gasteiger partial charge in [0.25, 0.3) is 0 Å². The Morgan fingerprint density at radius 2 is 0.632 bits per heavy atom. The molecule has 0 N–H and O–H groups in total. The third-order valence-corrected chi connectivity index (χ3v) is 13.9. The molecule has 0 atom stereocenters. The fourth-order valence-corrected chi connectivity index (χ4v) is 10.5. The lowest BCUT2D eigenvalue weighted by Gasteiger charge is -2.20. The Morgan fingerprint density at radius 3 is 1.03 bits per heavy atom. The van der Waals surface area contributed by atoms with Crippen LogP contribution in [0.1, 0.15) is 0 Å². The molecule has 0 saturated carbocycles. The summed E-state index contributed by atoms with van der Waals surface area (Å²) in [6, 6.07) is 77.6. The fourth-order valence-electron chi connectivity index (χ4n) is 10.5. The van der Waals surface area contributed by atoms with Crippen molar-refractivity contribution in [2.75, 3.05) is 0 Å². The Bertz CT molecular complexity index is 4210. The zero-order valence-corrected chi connectivity index (χ0v) is 40.6. The van der Waals surface area contributed by atoms with Crippen LogP contribution in [0.4, 0.5) is 5.69 Å². The van der Waals surface area contributed by atoms with Crippen LogP contribution in [-0.4, -0.2) is 44.0 Å². The van der Waals surface area contributed by atoms with Crippen molar-refractivity contribution in [2.45, 2.75) is 0 Å². The van der Waals surface area contributed by atoms with Crippen LogP contribution in [0.3, 0.4) is 0 Å². The zero-order valence-electron chi connectivity index (χ0n) is 40.6. The van der Waals surface area contributed by atoms with Gasteiger partial charge >= 0.3 is 0 Å². The van der Waals surface area contributed by atoms with Crippen LogP contribution < -0.4 is 0 Å². The van der Waals surface area contributed by atoms with E-state index in [4.69, 9.17) is 41.5 Å². The van der Waals surface area contributed by atoms with Crippen LogP contribution in [0.15, 0.2) is 243 Å². The summed E-state index contributed by atoms with van der Waals surface area (Å²) in [6.07, 6.45) is 3.84. The van der Waals surface area contributed by atoms with E-state index >= 15 is 0 Å². The minimum absolute atomic E-state index is 0.512. The quantitative estimate of drug-likeness (QED) is 0.133. The largest absolute Gasteiger partial charge is 0.307 e. The van der Waals surface area contributed by atoms with Gasteiger partial charge in [-0.15, -0.1) is 0 Å². The van der Waals surface area contributed by atoms with Crippen LogP contribution in [0.2, 0.25) is 0 Å². The van der Waals surface area contributed by atoms with Crippen LogP contribution in [0.25, 0.3) is 139 Å². The molecule has 0 aliphatic heterocycles. The molecule has 0 bridgehead atoms. The number of pyridine rings is 1. The Balaban J connectivity index is 1.03. The van der Waals surface area contributed by atoms with E-state index in [2.05, 4.69) is 98.9 Å². The van der Waals surface area contributed by atoms with Gasteiger partial charge in [0.15, 0.2) is 40.6 Å². The highest BCUT2D eigenvalue weighted by Gasteiger charge is 2.25. The molecular weight excluding hydrogens is 933 g/mol. The van der Waals surface area contributed by atoms with Crippen molar-refractivity contribution < 1.29 is 0 Å². The summed E-state index contributed by atoms with van der Waals surface area (Å²) in [7, 11) is 0. The second-order valence-corrected chi connectivity index (χ2v) is 18.4. The van der Waals surface area contributed by atoms with Gasteiger partial charge in [-0.2, -0.15) is 0 Å². The first-order valence-corrected chi connectivity index (χ1v) is 24.9. The summed E-state index contributed by atoms with van der Waals surface area (Å²) in [4.78, 5) is 39.8. The molecule has 10 nitrogen and oxygen atoms in total. The molecule has 0 saturated heterocycles. The summed E-state index contributed by atoms with van der Waals surface area (Å²) >= 11 is 0. The minimum atomic E-state index is 0.512. The molecule has 0 unspecified atom stereocenters. The molecule has 0 aliphatic carbocycles. The van der Waals surface area contributed by atoms with E-state index in [-0.39, 0.29) is 0 Å². The molecule has 14 rings (SSSR count). The Labute approximate surface area is 436 Å². The first kappa shape index (κ1) is 44.0. The topological polar surface area (TPSA) is 104 Å². The van der Waals surface area contributed by atoms with Crippen LogP contribution >= 0.6 is 0 Å². The maximum Gasteiger partial charge on any atom is 0.195 e. The van der Waals surface area contributed by atoms with Crippen LogP contribution in [0.5, 0.6) is 0 Å². The summed E-state index contributed by atoms with van der Waals surface area (Å²) in [5, 5.41) is 4.21. The highest BCUT2D eigenvalue weighted by molar-refractivity contribution is 6.13. The average Bonchev–Trinajstić information content (AvgIpc) is 4.16. The molecule has 9 aromatic carbocycles. The third-order valence-electron chi connectivity index (χ3n) is 13.9. The smallest absolute Gasteiger partial charge is 0.195 e. The predicted octanol–water partition coefficient (Wildman–Crippen LogP) is 15.9. The summed E-state index contributed by atoms with van der Waals surface area (Å²) < 4.78 is 4.55. The van der Waals surface area contributed by atoms with Gasteiger partial charge in [-0.05, 0) is 29.8 Å². The van der Waals surface area contributed by atoms with Crippen molar-refractivity contribution in [1.82, 2.24) is 44.0 Å². The van der Waals surface area contributed by atoms with E-state index in [1.807, 2.05) is 158 Å². The molecule has 76 heavy (non-hydrogen) atoms. The number of rotatable bonds is 9. The molecule has 5 heterocycles. The van der Waals surface area contributed by atoms with Gasteiger partial charge in [0, 0.05) is 60.5 Å². The standard InChI is InChI=1S/C66H40N10/c1-67-53-31-17-14-30-52(53)60-58(75-54-32-18-15-28-48(54)50-36-34-46(38-56(50)75)65-71-61(42-20-6-2-7-21-42)69-62(72-65)43-22-8-3-9-23-43)40-68-41-59(60)76-55-33-19-16-29-49(55)51-37-35-47(39-57(51)76)66-73-63(44-24-10-4-11-25-44)70-64(74-66)45-26-12-5-13-27-45/h2-41H. The predicted molar refractivity (Wildman–Crippen MR) is 304 cm³/mol. The first-order valence-electron chi connectivity index (χ1n) is 24.9. The number of hydrogen-bond acceptors (Lipinski definition) is 7. The number of hydrogen-bond donors (Lipinski definition) is 0. The SMILES string of the molecule is [C-]#[N+]c1ccccc1-c1c(-n2c3ccccc3c3ccc(-c4nc(-c5ccccc5)nc(-c5ccccc5)n4)cc32)cncc1-n1c2ccccc2c2ccc(-c3nc(-c4ccccc4)nc(-c4ccccc4)n3)cc21. The van der Waals surface area contributed by atoms with Crippen molar-refractivity contribution in [1.29, 1.82) is 0 Å². The number of benzene rings is 9. The number of nitrogens with zero attached hydrogens (tertiary/aromatic N) is 10. The van der Waals surface area contributed by atoms with Crippen molar-refractivity contribution in [3.05, 3.63) is 254 Å². The van der Waals surface area contributed by atoms with Gasteiger partial charge in [-0.1, -0.05) is 206 Å². The molecule has 0 spiro atoms. The second kappa shape index (κ2) is 18.4. The van der Waals surface area contributed by atoms with Gasteiger partial charge in [0.2, 0.25) is 0 Å². The van der Waals surface area contributed by atoms with E-state index < -0.39 is 0 Å². The van der Waals surface area contributed by atoms with Crippen LogP contribution in [0, 0.1) is 6.57 Å². The fraction of sp³-hybridized carbons (Fsp3) is 0. The lowest BCUT2D eigenvalue weighted by molar-refractivity contribution is 1.07. The molecule has 10 heteroatoms. The Kier molecular flexibility index (Phi) is 10.6. The normalized spacial score (nSPS) is 11.4. The first-order chi connectivity index (χ1) is 37.6. The van der Waals surface area contributed by atoms with Crippen molar-refractivity contribution in [2.24, 2.45) is 0 Å². The monoisotopic (exact) mass is 972 g/mol. The zero-order chi connectivity index (χ0) is 50.5. The van der Waals surface area contributed by atoms with Gasteiger partial charge in [0.1, 0.15) is 0 Å². The van der Waals surface area contributed by atoms with Crippen LogP contribution in [-0.2, 0) is 0 Å². The highest BCUT2D eigenvalue weighted by Crippen LogP contribution is 2.45. The molecule has 0 radical (unpaired) electrons. The molecule has 5 aromatic heterocycles. The number of aromatic nitrogens is 9. The van der Waals surface area contributed by atoms with Crippen molar-refractivity contribution in [3.8, 4) is 90.8 Å². The highest BCUT2D eigenvalue weighted by atomic mass is 15.1. The van der Waals surface area contributed by atoms with Gasteiger partial charge < -0.3 is 9.13 Å². The van der Waals surface area contributed by atoms with E-state index in [0.29, 0.717) is 40.6 Å². The number of para-hydroxylation sites is 3. The summed E-state index contributed by atoms with van der Waals surface area (Å²) in [6.45, 7) is 8.57. The maximum atomic E-state index is 8.57. The van der Waals surface area contributed by atoms with Crippen molar-refractivity contribution in [3.63, 3.8) is 0 Å².